The molecule has 308 valence electrons. The number of aromatic nitrogens is 4. The van der Waals surface area contributed by atoms with Gasteiger partial charge in [0.1, 0.15) is 22.0 Å². The Morgan fingerprint density at radius 2 is 2.00 bits per heavy atom. The third-order valence-corrected chi connectivity index (χ3v) is 15.0. The Balaban J connectivity index is 1.10. The Hall–Kier alpha value is -4.08. The summed E-state index contributed by atoms with van der Waals surface area (Å²) in [6.07, 6.45) is 13.3. The van der Waals surface area contributed by atoms with Crippen LogP contribution in [0.5, 0.6) is 5.75 Å². The van der Waals surface area contributed by atoms with Crippen LogP contribution in [0.25, 0.3) is 11.0 Å². The second-order valence-electron chi connectivity index (χ2n) is 16.9. The van der Waals surface area contributed by atoms with Crippen molar-refractivity contribution in [3.05, 3.63) is 82.8 Å². The van der Waals surface area contributed by atoms with Crippen LogP contribution in [0.2, 0.25) is 5.02 Å². The molecule has 9 rings (SSSR count). The van der Waals surface area contributed by atoms with Crippen molar-refractivity contribution in [2.75, 3.05) is 74.5 Å². The Labute approximate surface area is 345 Å². The molecular formula is C43H53ClN8O5S. The lowest BCUT2D eigenvalue weighted by Crippen LogP contribution is -2.50. The molecule has 1 N–H and O–H groups in total. The van der Waals surface area contributed by atoms with Gasteiger partial charge in [-0.05, 0) is 97.7 Å². The van der Waals surface area contributed by atoms with Crippen LogP contribution in [0.1, 0.15) is 60.5 Å². The Morgan fingerprint density at radius 3 is 2.84 bits per heavy atom. The summed E-state index contributed by atoms with van der Waals surface area (Å²) < 4.78 is 43.4. The molecule has 0 unspecified atom stereocenters. The first-order valence-corrected chi connectivity index (χ1v) is 22.8. The summed E-state index contributed by atoms with van der Waals surface area (Å²) in [4.78, 5) is 27.9. The number of rotatable bonds is 6. The number of carbonyl (C=O) groups excluding carboxylic acids is 1. The van der Waals surface area contributed by atoms with Gasteiger partial charge in [0.25, 0.3) is 5.91 Å². The Kier molecular flexibility index (Phi) is 11.2. The molecule has 2 fully saturated rings. The van der Waals surface area contributed by atoms with Crippen LogP contribution in [0.15, 0.2) is 65.4 Å². The number of amides is 1. The molecule has 5 heterocycles. The van der Waals surface area contributed by atoms with E-state index in [1.54, 1.807) is 24.0 Å². The van der Waals surface area contributed by atoms with Crippen LogP contribution in [0, 0.1) is 17.8 Å². The highest BCUT2D eigenvalue weighted by molar-refractivity contribution is 7.95. The number of nitrogens with zero attached hydrogens (tertiary/aromatic N) is 7. The minimum Gasteiger partial charge on any atom is -0.490 e. The number of hydrogen-bond acceptors (Lipinski definition) is 10. The van der Waals surface area contributed by atoms with Gasteiger partial charge in [0.2, 0.25) is 0 Å². The number of allylic oxidation sites excluding steroid dienone is 1. The van der Waals surface area contributed by atoms with Crippen molar-refractivity contribution < 1.29 is 23.2 Å². The van der Waals surface area contributed by atoms with Gasteiger partial charge >= 0.3 is 0 Å². The maximum Gasteiger partial charge on any atom is 0.286 e. The molecule has 4 aromatic rings. The molecule has 58 heavy (non-hydrogen) atoms. The van der Waals surface area contributed by atoms with Gasteiger partial charge in [-0.25, -0.2) is 14.2 Å². The number of carbonyl (C=O) groups is 1. The summed E-state index contributed by atoms with van der Waals surface area (Å²) >= 11 is 6.53. The third-order valence-electron chi connectivity index (χ3n) is 12.8. The molecule has 0 radical (unpaired) electrons. The van der Waals surface area contributed by atoms with E-state index < -0.39 is 15.8 Å². The van der Waals surface area contributed by atoms with Crippen molar-refractivity contribution in [2.45, 2.75) is 57.0 Å². The Bertz CT molecular complexity index is 2320. The number of hydrogen-bond donors (Lipinski definition) is 1. The first-order chi connectivity index (χ1) is 28.1. The monoisotopic (exact) mass is 828 g/mol. The number of halogens is 1. The molecule has 2 aromatic heterocycles. The van der Waals surface area contributed by atoms with Crippen LogP contribution in [0.3, 0.4) is 0 Å². The minimum absolute atomic E-state index is 0.0610. The fourth-order valence-electron chi connectivity index (χ4n) is 9.62. The number of aryl methyl sites for hydroxylation is 2. The first kappa shape index (κ1) is 39.4. The van der Waals surface area contributed by atoms with Gasteiger partial charge < -0.3 is 19.1 Å². The van der Waals surface area contributed by atoms with Crippen molar-refractivity contribution in [1.29, 1.82) is 0 Å². The molecular weight excluding hydrogens is 776 g/mol. The standard InChI is InChI=1S/C43H53ClN8O5S/c1-29-5-3-7-38(56-20-17-51-15-18-55-19-16-51)34-11-8-32(34)23-52-26-43(14-4-6-30-21-33(44)10-12-36(30)43)27-57-39-13-9-31(22-37(39)52)42(53)49-58(54,25-29)48-41-35-24-50(2)47-40(35)45-28-46-41/h3,7,9-10,12-13,21-22,24,28-29,32,34,38H,4-6,8,11,14-20,23,25-27H2,1-2H3,(H,45,46,47,48,49,53,54)/b7-3+/t29-,32-,34+,38-,43-,58+/m0/s1. The summed E-state index contributed by atoms with van der Waals surface area (Å²) in [6.45, 7) is 8.95. The zero-order valence-electron chi connectivity index (χ0n) is 33.4. The molecule has 2 aliphatic carbocycles. The molecule has 3 aliphatic heterocycles. The van der Waals surface area contributed by atoms with Crippen molar-refractivity contribution in [1.82, 2.24) is 24.6 Å². The molecule has 13 nitrogen and oxygen atoms in total. The van der Waals surface area contributed by atoms with Crippen LogP contribution >= 0.6 is 11.6 Å². The van der Waals surface area contributed by atoms with Gasteiger partial charge in [0, 0.05) is 62.0 Å². The minimum atomic E-state index is -3.39. The summed E-state index contributed by atoms with van der Waals surface area (Å²) in [5.41, 5.74) is 3.99. The quantitative estimate of drug-likeness (QED) is 0.216. The van der Waals surface area contributed by atoms with Crippen molar-refractivity contribution in [2.24, 2.45) is 29.2 Å². The van der Waals surface area contributed by atoms with Crippen molar-refractivity contribution in [3.63, 3.8) is 0 Å². The number of fused-ring (bicyclic) bond motifs is 5. The number of ether oxygens (including phenoxy) is 3. The highest BCUT2D eigenvalue weighted by Crippen LogP contribution is 2.47. The summed E-state index contributed by atoms with van der Waals surface area (Å²) in [5, 5.41) is 5.74. The van der Waals surface area contributed by atoms with Crippen LogP contribution in [-0.4, -0.2) is 106 Å². The van der Waals surface area contributed by atoms with E-state index in [1.807, 2.05) is 25.1 Å². The summed E-state index contributed by atoms with van der Waals surface area (Å²) in [6, 6.07) is 11.8. The van der Waals surface area contributed by atoms with E-state index in [1.165, 1.54) is 17.5 Å². The number of morpholine rings is 1. The van der Waals surface area contributed by atoms with Gasteiger partial charge in [0.15, 0.2) is 11.5 Å². The van der Waals surface area contributed by atoms with E-state index in [0.29, 0.717) is 53.9 Å². The fourth-order valence-corrected chi connectivity index (χ4v) is 11.8. The highest BCUT2D eigenvalue weighted by atomic mass is 35.5. The predicted octanol–water partition coefficient (Wildman–Crippen LogP) is 6.46. The normalized spacial score (nSPS) is 29.7. The van der Waals surface area contributed by atoms with E-state index in [-0.39, 0.29) is 23.2 Å². The number of benzene rings is 2. The zero-order valence-corrected chi connectivity index (χ0v) is 34.9. The third kappa shape index (κ3) is 8.23. The van der Waals surface area contributed by atoms with Gasteiger partial charge in [0.05, 0.1) is 49.4 Å². The molecule has 2 bridgehead atoms. The predicted molar refractivity (Wildman–Crippen MR) is 226 cm³/mol. The van der Waals surface area contributed by atoms with Crippen LogP contribution in [0.4, 0.5) is 11.5 Å². The van der Waals surface area contributed by atoms with Gasteiger partial charge in [-0.3, -0.25) is 19.1 Å². The Morgan fingerprint density at radius 1 is 1.12 bits per heavy atom. The number of anilines is 2. The smallest absolute Gasteiger partial charge is 0.286 e. The van der Waals surface area contributed by atoms with Crippen LogP contribution < -0.4 is 14.4 Å². The van der Waals surface area contributed by atoms with Crippen molar-refractivity contribution in [3.8, 4) is 5.75 Å². The van der Waals surface area contributed by atoms with Gasteiger partial charge in [-0.15, -0.1) is 4.36 Å². The van der Waals surface area contributed by atoms with Gasteiger partial charge in [-0.2, -0.15) is 5.10 Å². The molecule has 1 saturated heterocycles. The zero-order chi connectivity index (χ0) is 39.9. The average molecular weight is 829 g/mol. The lowest BCUT2D eigenvalue weighted by Gasteiger charge is -2.46. The maximum atomic E-state index is 15.0. The lowest BCUT2D eigenvalue weighted by atomic mass is 9.68. The molecule has 1 spiro atoms. The second-order valence-corrected chi connectivity index (χ2v) is 19.4. The number of nitrogens with one attached hydrogen (secondary N) is 1. The topological polar surface area (TPSA) is 136 Å². The van der Waals surface area contributed by atoms with E-state index in [4.69, 9.17) is 25.8 Å². The molecule has 6 atom stereocenters. The molecule has 1 saturated carbocycles. The second kappa shape index (κ2) is 16.5. The highest BCUT2D eigenvalue weighted by Gasteiger charge is 2.44. The molecule has 2 aromatic carbocycles. The average Bonchev–Trinajstić information content (AvgIpc) is 3.52. The summed E-state index contributed by atoms with van der Waals surface area (Å²) in [7, 11) is -1.59. The molecule has 5 aliphatic rings. The van der Waals surface area contributed by atoms with E-state index in [9.17, 15) is 4.79 Å². The largest absolute Gasteiger partial charge is 0.490 e. The van der Waals surface area contributed by atoms with E-state index in [2.05, 4.69) is 58.2 Å². The SMILES string of the molecule is C[C@H]1C/C=C/[C@H](OCCN2CCOCC2)[C@@H]2CC[C@H]2CN2C[C@@]3(CCCc4cc(Cl)ccc43)COc3ccc(cc32)C(=O)N=[S@](=O)(Nc2ncnc3nn(C)cc23)C1. The van der Waals surface area contributed by atoms with Gasteiger partial charge in [-0.1, -0.05) is 36.7 Å². The van der Waals surface area contributed by atoms with Crippen molar-refractivity contribution >= 4 is 50.0 Å². The maximum absolute atomic E-state index is 15.0. The molecule has 15 heteroatoms. The first-order valence-electron chi connectivity index (χ1n) is 20.7. The van der Waals surface area contributed by atoms with E-state index >= 15 is 4.21 Å². The van der Waals surface area contributed by atoms with Crippen LogP contribution in [-0.2, 0) is 38.3 Å². The summed E-state index contributed by atoms with van der Waals surface area (Å²) in [5.74, 6) is 1.24. The fraction of sp³-hybridized carbons (Fsp3) is 0.535. The lowest BCUT2D eigenvalue weighted by molar-refractivity contribution is -0.0315. The molecule has 1 amide bonds. The van der Waals surface area contributed by atoms with E-state index in [0.717, 1.165) is 94.5 Å².